The molecule has 0 bridgehead atoms. The Labute approximate surface area is 100 Å². The van der Waals surface area contributed by atoms with Crippen molar-refractivity contribution in [3.63, 3.8) is 0 Å². The molecule has 1 aromatic rings. The van der Waals surface area contributed by atoms with E-state index in [-0.39, 0.29) is 4.90 Å². The fourth-order valence-corrected chi connectivity index (χ4v) is 3.03. The number of nitrogens with zero attached hydrogens (tertiary/aromatic N) is 2. The van der Waals surface area contributed by atoms with Gasteiger partial charge < -0.3 is 0 Å². The van der Waals surface area contributed by atoms with E-state index >= 15 is 0 Å². The zero-order valence-corrected chi connectivity index (χ0v) is 11.2. The molecule has 4 nitrogen and oxygen atoms in total. The minimum absolute atomic E-state index is 0.109. The first-order chi connectivity index (χ1) is 7.27. The lowest BCUT2D eigenvalue weighted by atomic mass is 10.2. The van der Waals surface area contributed by atoms with Gasteiger partial charge in [-0.1, -0.05) is 19.1 Å². The Balaban J connectivity index is 3.23. The molecule has 0 amide bonds. The van der Waals surface area contributed by atoms with Crippen LogP contribution in [0, 0.1) is 13.8 Å². The molecule has 16 heavy (non-hydrogen) atoms. The standard InChI is InChI=1S/C10H15ClN2O2S/c1-5-7(2)6-13-9(4)10(8(3)12-13)16(11,14)15/h2,5-6H2,1,3-4H3. The van der Waals surface area contributed by atoms with Crippen LogP contribution in [0.3, 0.4) is 0 Å². The minimum Gasteiger partial charge on any atom is -0.264 e. The van der Waals surface area contributed by atoms with Gasteiger partial charge in [-0.25, -0.2) is 8.42 Å². The molecule has 0 atom stereocenters. The SMILES string of the molecule is C=C(CC)Cn1nc(C)c(S(=O)(=O)Cl)c1C. The predicted molar refractivity (Wildman–Crippen MR) is 64.2 cm³/mol. The topological polar surface area (TPSA) is 52.0 Å². The van der Waals surface area contributed by atoms with Gasteiger partial charge in [0.2, 0.25) is 0 Å². The van der Waals surface area contributed by atoms with E-state index in [0.717, 1.165) is 12.0 Å². The van der Waals surface area contributed by atoms with E-state index < -0.39 is 9.05 Å². The van der Waals surface area contributed by atoms with Crippen molar-refractivity contribution < 1.29 is 8.42 Å². The Kier molecular flexibility index (Phi) is 3.80. The number of hydrogen-bond acceptors (Lipinski definition) is 3. The molecule has 1 aromatic heterocycles. The smallest absolute Gasteiger partial charge is 0.264 e. The van der Waals surface area contributed by atoms with E-state index in [2.05, 4.69) is 11.7 Å². The third-order valence-corrected chi connectivity index (χ3v) is 3.97. The van der Waals surface area contributed by atoms with Gasteiger partial charge in [0.25, 0.3) is 9.05 Å². The number of hydrogen-bond donors (Lipinski definition) is 0. The highest BCUT2D eigenvalue weighted by Gasteiger charge is 2.22. The van der Waals surface area contributed by atoms with Crippen LogP contribution in [0.4, 0.5) is 0 Å². The lowest BCUT2D eigenvalue weighted by Gasteiger charge is -2.05. The van der Waals surface area contributed by atoms with Crippen molar-refractivity contribution in [1.29, 1.82) is 0 Å². The number of aryl methyl sites for hydroxylation is 1. The van der Waals surface area contributed by atoms with Gasteiger partial charge >= 0.3 is 0 Å². The monoisotopic (exact) mass is 262 g/mol. The molecule has 0 aliphatic carbocycles. The average molecular weight is 263 g/mol. The van der Waals surface area contributed by atoms with Crippen LogP contribution in [-0.4, -0.2) is 18.2 Å². The number of allylic oxidation sites excluding steroid dienone is 1. The van der Waals surface area contributed by atoms with Gasteiger partial charge in [-0.05, 0) is 20.3 Å². The van der Waals surface area contributed by atoms with E-state index in [4.69, 9.17) is 10.7 Å². The largest absolute Gasteiger partial charge is 0.264 e. The van der Waals surface area contributed by atoms with Crippen LogP contribution in [-0.2, 0) is 15.6 Å². The Hall–Kier alpha value is -0.810. The van der Waals surface area contributed by atoms with Gasteiger partial charge in [0.15, 0.2) is 0 Å². The first kappa shape index (κ1) is 13.3. The molecule has 6 heteroatoms. The van der Waals surface area contributed by atoms with Crippen molar-refractivity contribution in [2.45, 2.75) is 38.6 Å². The Bertz CT molecular complexity index is 517. The molecule has 0 unspecified atom stereocenters. The van der Waals surface area contributed by atoms with E-state index in [9.17, 15) is 8.42 Å². The summed E-state index contributed by atoms with van der Waals surface area (Å²) in [6.07, 6.45) is 0.835. The number of rotatable bonds is 4. The Morgan fingerprint density at radius 2 is 2.06 bits per heavy atom. The maximum absolute atomic E-state index is 11.3. The highest BCUT2D eigenvalue weighted by molar-refractivity contribution is 8.13. The summed E-state index contributed by atoms with van der Waals surface area (Å²) < 4.78 is 24.3. The molecule has 0 saturated heterocycles. The zero-order chi connectivity index (χ0) is 12.5. The summed E-state index contributed by atoms with van der Waals surface area (Å²) in [5, 5.41) is 4.16. The molecule has 0 aromatic carbocycles. The molecule has 0 N–H and O–H groups in total. The second kappa shape index (κ2) is 4.59. The van der Waals surface area contributed by atoms with Crippen LogP contribution < -0.4 is 0 Å². The van der Waals surface area contributed by atoms with E-state index in [0.29, 0.717) is 17.9 Å². The summed E-state index contributed by atoms with van der Waals surface area (Å²) in [4.78, 5) is 0.109. The molecular weight excluding hydrogens is 248 g/mol. The summed E-state index contributed by atoms with van der Waals surface area (Å²) in [6.45, 7) is 9.71. The lowest BCUT2D eigenvalue weighted by molar-refractivity contribution is 0.606. The second-order valence-corrected chi connectivity index (χ2v) is 6.20. The quantitative estimate of drug-likeness (QED) is 0.618. The summed E-state index contributed by atoms with van der Waals surface area (Å²) >= 11 is 0. The fraction of sp³-hybridized carbons (Fsp3) is 0.500. The van der Waals surface area contributed by atoms with Crippen LogP contribution in [0.5, 0.6) is 0 Å². The summed E-state index contributed by atoms with van der Waals surface area (Å²) in [5.41, 5.74) is 1.97. The normalized spacial score (nSPS) is 11.8. The van der Waals surface area contributed by atoms with Crippen molar-refractivity contribution in [3.05, 3.63) is 23.5 Å². The van der Waals surface area contributed by atoms with Crippen molar-refractivity contribution in [2.75, 3.05) is 0 Å². The van der Waals surface area contributed by atoms with Gasteiger partial charge in [-0.3, -0.25) is 4.68 Å². The summed E-state index contributed by atoms with van der Waals surface area (Å²) in [6, 6.07) is 0. The summed E-state index contributed by atoms with van der Waals surface area (Å²) in [5.74, 6) is 0. The van der Waals surface area contributed by atoms with Crippen LogP contribution in [0.1, 0.15) is 24.7 Å². The van der Waals surface area contributed by atoms with E-state index in [1.165, 1.54) is 0 Å². The van der Waals surface area contributed by atoms with Crippen molar-refractivity contribution in [1.82, 2.24) is 9.78 Å². The number of aromatic nitrogens is 2. The first-order valence-corrected chi connectivity index (χ1v) is 7.23. The second-order valence-electron chi connectivity index (χ2n) is 3.70. The van der Waals surface area contributed by atoms with Gasteiger partial charge in [0, 0.05) is 10.7 Å². The Morgan fingerprint density at radius 1 is 1.50 bits per heavy atom. The molecular formula is C10H15ClN2O2S. The van der Waals surface area contributed by atoms with E-state index in [1.807, 2.05) is 6.92 Å². The van der Waals surface area contributed by atoms with Crippen molar-refractivity contribution >= 4 is 19.7 Å². The van der Waals surface area contributed by atoms with Crippen LogP contribution in [0.15, 0.2) is 17.0 Å². The molecule has 0 radical (unpaired) electrons. The highest BCUT2D eigenvalue weighted by atomic mass is 35.7. The van der Waals surface area contributed by atoms with Gasteiger partial charge in [-0.2, -0.15) is 5.10 Å². The van der Waals surface area contributed by atoms with Crippen molar-refractivity contribution in [3.8, 4) is 0 Å². The molecule has 0 aliphatic heterocycles. The average Bonchev–Trinajstić information content (AvgIpc) is 2.40. The molecule has 0 fully saturated rings. The first-order valence-electron chi connectivity index (χ1n) is 4.92. The van der Waals surface area contributed by atoms with Gasteiger partial charge in [0.05, 0.1) is 17.9 Å². The molecule has 0 aliphatic rings. The molecule has 0 saturated carbocycles. The predicted octanol–water partition coefficient (Wildman–Crippen LogP) is 2.39. The van der Waals surface area contributed by atoms with Gasteiger partial charge in [-0.15, -0.1) is 0 Å². The summed E-state index contributed by atoms with van der Waals surface area (Å²) in [7, 11) is 1.62. The third kappa shape index (κ3) is 2.65. The molecule has 0 spiro atoms. The highest BCUT2D eigenvalue weighted by Crippen LogP contribution is 2.23. The van der Waals surface area contributed by atoms with Crippen molar-refractivity contribution in [2.24, 2.45) is 0 Å². The van der Waals surface area contributed by atoms with Gasteiger partial charge in [0.1, 0.15) is 4.90 Å². The Morgan fingerprint density at radius 3 is 2.44 bits per heavy atom. The lowest BCUT2D eigenvalue weighted by Crippen LogP contribution is -2.05. The number of halogens is 1. The molecule has 1 heterocycles. The third-order valence-electron chi connectivity index (χ3n) is 2.43. The van der Waals surface area contributed by atoms with Crippen LogP contribution >= 0.6 is 10.7 Å². The van der Waals surface area contributed by atoms with Crippen LogP contribution in [0.25, 0.3) is 0 Å². The van der Waals surface area contributed by atoms with Crippen LogP contribution in [0.2, 0.25) is 0 Å². The maximum Gasteiger partial charge on any atom is 0.264 e. The zero-order valence-electron chi connectivity index (χ0n) is 9.62. The van der Waals surface area contributed by atoms with E-state index in [1.54, 1.807) is 18.5 Å². The maximum atomic E-state index is 11.3. The molecule has 90 valence electrons. The fourth-order valence-electron chi connectivity index (χ4n) is 1.51. The molecule has 1 rings (SSSR count). The minimum atomic E-state index is -3.73.